The molecular weight excluding hydrogens is 586 g/mol. The zero-order valence-corrected chi connectivity index (χ0v) is 29.6. The van der Waals surface area contributed by atoms with Crippen molar-refractivity contribution in [2.24, 2.45) is 58.7 Å². The standard InChI is InChI=1S/C39H52N4P2/c1-38(2,3)32-20-31(33(21-32)39(44,36-40-6-4-7-41-36)37-42-8-5-9-43-37)22-45(34-27-12-23-10-24(14-27)15-28(34)13-23)35-29-16-25-11-26(18-29)19-30(35)17-25/h4-9,20-21,23-30,32,34-35H,10-19,22,44H2,1-3H3. The molecule has 0 aliphatic heterocycles. The first-order chi connectivity index (χ1) is 21.7. The Bertz CT molecular complexity index is 1340. The molecule has 0 spiro atoms. The van der Waals surface area contributed by atoms with Crippen molar-refractivity contribution < 1.29 is 0 Å². The van der Waals surface area contributed by atoms with E-state index >= 15 is 0 Å². The van der Waals surface area contributed by atoms with Gasteiger partial charge in [-0.15, -0.1) is 9.24 Å². The summed E-state index contributed by atoms with van der Waals surface area (Å²) >= 11 is 0. The summed E-state index contributed by atoms with van der Waals surface area (Å²) < 4.78 is 0. The minimum absolute atomic E-state index is 0.138. The van der Waals surface area contributed by atoms with Gasteiger partial charge >= 0.3 is 0 Å². The first-order valence-corrected chi connectivity index (χ1v) is 20.5. The van der Waals surface area contributed by atoms with Crippen molar-refractivity contribution in [2.45, 2.75) is 101 Å². The van der Waals surface area contributed by atoms with E-state index in [2.05, 4.69) is 42.2 Å². The highest BCUT2D eigenvalue weighted by atomic mass is 31.1. The zero-order chi connectivity index (χ0) is 30.5. The monoisotopic (exact) mass is 638 g/mol. The lowest BCUT2D eigenvalue weighted by atomic mass is 9.55. The number of aromatic nitrogens is 4. The Kier molecular flexibility index (Phi) is 7.25. The molecule has 2 aromatic rings. The van der Waals surface area contributed by atoms with Gasteiger partial charge in [0.1, 0.15) is 16.8 Å². The Morgan fingerprint density at radius 3 is 1.40 bits per heavy atom. The third kappa shape index (κ3) is 4.96. The van der Waals surface area contributed by atoms with Crippen molar-refractivity contribution in [3.05, 3.63) is 71.9 Å². The Morgan fingerprint density at radius 2 is 1.02 bits per heavy atom. The second-order valence-electron chi connectivity index (χ2n) is 17.6. The van der Waals surface area contributed by atoms with E-state index in [0.717, 1.165) is 70.3 Å². The summed E-state index contributed by atoms with van der Waals surface area (Å²) in [6.45, 7) is 7.23. The molecule has 9 aliphatic rings. The second kappa shape index (κ2) is 11.0. The van der Waals surface area contributed by atoms with E-state index in [0.29, 0.717) is 5.92 Å². The van der Waals surface area contributed by atoms with E-state index in [1.54, 1.807) is 69.8 Å². The molecule has 45 heavy (non-hydrogen) atoms. The topological polar surface area (TPSA) is 51.6 Å². The zero-order valence-electron chi connectivity index (χ0n) is 27.6. The molecule has 238 valence electrons. The molecule has 4 nitrogen and oxygen atoms in total. The number of allylic oxidation sites excluding steroid dienone is 4. The fourth-order valence-corrected chi connectivity index (χ4v) is 17.7. The van der Waals surface area contributed by atoms with Gasteiger partial charge in [0.25, 0.3) is 0 Å². The largest absolute Gasteiger partial charge is 0.240 e. The fraction of sp³-hybridized carbons (Fsp3) is 0.692. The molecule has 0 saturated heterocycles. The molecule has 9 aliphatic carbocycles. The van der Waals surface area contributed by atoms with Crippen LogP contribution in [0.15, 0.2) is 60.2 Å². The number of rotatable bonds is 7. The quantitative estimate of drug-likeness (QED) is 0.284. The highest BCUT2D eigenvalue weighted by Crippen LogP contribution is 2.72. The van der Waals surface area contributed by atoms with Crippen molar-refractivity contribution in [2.75, 3.05) is 6.16 Å². The molecule has 0 N–H and O–H groups in total. The van der Waals surface area contributed by atoms with Crippen LogP contribution in [0.4, 0.5) is 0 Å². The molecule has 2 atom stereocenters. The number of nitrogens with zero attached hydrogens (tertiary/aromatic N) is 4. The van der Waals surface area contributed by atoms with Crippen LogP contribution in [0.1, 0.15) is 96.6 Å². The van der Waals surface area contributed by atoms with Crippen LogP contribution in [-0.2, 0) is 5.16 Å². The highest BCUT2D eigenvalue weighted by molar-refractivity contribution is 7.59. The summed E-state index contributed by atoms with van der Waals surface area (Å²) in [4.78, 5) is 19.6. The summed E-state index contributed by atoms with van der Waals surface area (Å²) in [5.41, 5.74) is 5.04. The summed E-state index contributed by atoms with van der Waals surface area (Å²) in [7, 11) is 3.07. The van der Waals surface area contributed by atoms with Gasteiger partial charge in [-0.2, -0.15) is 0 Å². The number of hydrogen-bond donors (Lipinski definition) is 0. The minimum atomic E-state index is -0.663. The normalized spacial score (nSPS) is 40.5. The first kappa shape index (κ1) is 29.6. The number of hydrogen-bond acceptors (Lipinski definition) is 4. The Labute approximate surface area is 274 Å². The van der Waals surface area contributed by atoms with E-state index in [9.17, 15) is 0 Å². The van der Waals surface area contributed by atoms with Crippen molar-refractivity contribution >= 4 is 17.2 Å². The van der Waals surface area contributed by atoms with Crippen LogP contribution in [-0.4, -0.2) is 37.4 Å². The third-order valence-electron chi connectivity index (χ3n) is 13.8. The van der Waals surface area contributed by atoms with Gasteiger partial charge in [-0.1, -0.05) is 40.8 Å². The predicted molar refractivity (Wildman–Crippen MR) is 187 cm³/mol. The second-order valence-corrected chi connectivity index (χ2v) is 21.0. The van der Waals surface area contributed by atoms with Crippen LogP contribution < -0.4 is 0 Å². The van der Waals surface area contributed by atoms with Gasteiger partial charge in [0.15, 0.2) is 0 Å². The van der Waals surface area contributed by atoms with Crippen LogP contribution >= 0.6 is 17.2 Å². The molecule has 8 fully saturated rings. The van der Waals surface area contributed by atoms with E-state index < -0.39 is 5.16 Å². The van der Waals surface area contributed by atoms with E-state index in [1.807, 2.05) is 36.9 Å². The highest BCUT2D eigenvalue weighted by Gasteiger charge is 2.57. The molecule has 8 saturated carbocycles. The van der Waals surface area contributed by atoms with Crippen molar-refractivity contribution in [3.63, 3.8) is 0 Å². The summed E-state index contributed by atoms with van der Waals surface area (Å²) in [5, 5.41) is -0.663. The van der Waals surface area contributed by atoms with Crippen molar-refractivity contribution in [1.82, 2.24) is 19.9 Å². The maximum atomic E-state index is 4.90. The summed E-state index contributed by atoms with van der Waals surface area (Å²) in [5.74, 6) is 10.1. The maximum absolute atomic E-state index is 4.90. The van der Waals surface area contributed by atoms with Gasteiger partial charge in [0.2, 0.25) is 0 Å². The van der Waals surface area contributed by atoms with Crippen LogP contribution in [0.25, 0.3) is 0 Å². The van der Waals surface area contributed by atoms with Gasteiger partial charge in [-0.25, -0.2) is 19.9 Å². The SMILES string of the molecule is CC(C)(C)C1C=C(CP(C2C3CC4CC(C3)CC2C4)C2C3CC4CC(C3)CC2C4)C(C(P)(c2ncccn2)c2ncccn2)=C1. The molecule has 2 unspecified atom stereocenters. The molecular formula is C39H52N4P2. The summed E-state index contributed by atoms with van der Waals surface area (Å²) in [6, 6.07) is 3.85. The molecule has 0 aromatic carbocycles. The van der Waals surface area contributed by atoms with Crippen LogP contribution in [0.5, 0.6) is 0 Å². The molecule has 0 amide bonds. The Hall–Kier alpha value is -1.50. The van der Waals surface area contributed by atoms with E-state index in [1.165, 1.54) is 11.7 Å². The van der Waals surface area contributed by atoms with Crippen LogP contribution in [0.3, 0.4) is 0 Å². The van der Waals surface area contributed by atoms with Gasteiger partial charge in [-0.3, -0.25) is 0 Å². The van der Waals surface area contributed by atoms with E-state index in [4.69, 9.17) is 19.9 Å². The molecule has 8 bridgehead atoms. The lowest BCUT2D eigenvalue weighted by Crippen LogP contribution is -2.53. The molecule has 6 heteroatoms. The van der Waals surface area contributed by atoms with Crippen LogP contribution in [0, 0.1) is 58.7 Å². The minimum Gasteiger partial charge on any atom is -0.240 e. The molecule has 2 aromatic heterocycles. The maximum Gasteiger partial charge on any atom is 0.150 e. The predicted octanol–water partition coefficient (Wildman–Crippen LogP) is 9.05. The average molecular weight is 639 g/mol. The van der Waals surface area contributed by atoms with Gasteiger partial charge in [0.05, 0.1) is 0 Å². The fourth-order valence-electron chi connectivity index (χ4n) is 12.5. The molecule has 2 heterocycles. The first-order valence-electron chi connectivity index (χ1n) is 18.3. The van der Waals surface area contributed by atoms with Gasteiger partial charge < -0.3 is 0 Å². The lowest BCUT2D eigenvalue weighted by Gasteiger charge is -2.62. The summed E-state index contributed by atoms with van der Waals surface area (Å²) in [6.07, 6.45) is 29.5. The Balaban J connectivity index is 1.15. The van der Waals surface area contributed by atoms with Crippen molar-refractivity contribution in [3.8, 4) is 0 Å². The van der Waals surface area contributed by atoms with Gasteiger partial charge in [-0.05, 0) is 158 Å². The Morgan fingerprint density at radius 1 is 0.622 bits per heavy atom. The molecule has 0 radical (unpaired) electrons. The smallest absolute Gasteiger partial charge is 0.150 e. The van der Waals surface area contributed by atoms with Gasteiger partial charge in [0, 0.05) is 30.7 Å². The van der Waals surface area contributed by atoms with Crippen LogP contribution in [0.2, 0.25) is 0 Å². The average Bonchev–Trinajstić information content (AvgIpc) is 3.46. The third-order valence-corrected chi connectivity index (χ3v) is 18.6. The molecule has 11 rings (SSSR count). The van der Waals surface area contributed by atoms with E-state index in [-0.39, 0.29) is 13.3 Å². The lowest BCUT2D eigenvalue weighted by molar-refractivity contribution is 0.0131. The van der Waals surface area contributed by atoms with Crippen molar-refractivity contribution in [1.29, 1.82) is 0 Å².